The number of carbonyl (C=O) groups excluding carboxylic acids is 1. The third kappa shape index (κ3) is 2.22. The maximum atomic E-state index is 12.6. The van der Waals surface area contributed by atoms with E-state index in [9.17, 15) is 4.79 Å². The van der Waals surface area contributed by atoms with Gasteiger partial charge in [0.1, 0.15) is 0 Å². The van der Waals surface area contributed by atoms with Crippen LogP contribution in [0.1, 0.15) is 45.3 Å². The minimum absolute atomic E-state index is 0.0606. The number of benzene rings is 1. The second-order valence-electron chi connectivity index (χ2n) is 6.28. The number of H-pyrrole nitrogens is 1. The monoisotopic (exact) mass is 296 g/mol. The van der Waals surface area contributed by atoms with E-state index in [2.05, 4.69) is 45.7 Å². The first-order valence-electron chi connectivity index (χ1n) is 7.85. The highest BCUT2D eigenvalue weighted by Gasteiger charge is 2.28. The quantitative estimate of drug-likeness (QED) is 0.888. The van der Waals surface area contributed by atoms with Crippen molar-refractivity contribution in [1.29, 1.82) is 0 Å². The van der Waals surface area contributed by atoms with Gasteiger partial charge in [-0.05, 0) is 31.0 Å². The number of aromatic nitrogens is 2. The van der Waals surface area contributed by atoms with Crippen LogP contribution in [0.5, 0.6) is 0 Å². The Bertz CT molecular complexity index is 721. The number of nitrogens with zero attached hydrogens (tertiary/aromatic N) is 2. The van der Waals surface area contributed by atoms with Crippen LogP contribution in [0.25, 0.3) is 0 Å². The van der Waals surface area contributed by atoms with Gasteiger partial charge in [-0.15, -0.1) is 0 Å². The number of fused-ring (bicyclic) bond motifs is 2. The van der Waals surface area contributed by atoms with Gasteiger partial charge in [-0.1, -0.05) is 24.3 Å². The lowest BCUT2D eigenvalue weighted by molar-refractivity contribution is 0.0929. The number of amides is 1. The van der Waals surface area contributed by atoms with Crippen molar-refractivity contribution in [2.24, 2.45) is 0 Å². The van der Waals surface area contributed by atoms with Crippen LogP contribution >= 0.6 is 0 Å². The smallest absolute Gasteiger partial charge is 0.272 e. The molecule has 1 amide bonds. The third-order valence-electron chi connectivity index (χ3n) is 4.78. The van der Waals surface area contributed by atoms with Gasteiger partial charge in [0.2, 0.25) is 0 Å². The summed E-state index contributed by atoms with van der Waals surface area (Å²) in [7, 11) is 2.07. The molecule has 2 N–H and O–H groups in total. The molecular formula is C17H20N4O. The molecule has 2 aliphatic rings. The van der Waals surface area contributed by atoms with E-state index in [0.717, 1.165) is 43.6 Å². The van der Waals surface area contributed by atoms with Crippen LogP contribution in [0.15, 0.2) is 24.3 Å². The molecule has 0 bridgehead atoms. The molecule has 4 rings (SSSR count). The van der Waals surface area contributed by atoms with E-state index >= 15 is 0 Å². The fourth-order valence-electron chi connectivity index (χ4n) is 3.55. The van der Waals surface area contributed by atoms with Crippen molar-refractivity contribution in [3.05, 3.63) is 52.3 Å². The van der Waals surface area contributed by atoms with Crippen molar-refractivity contribution in [2.75, 3.05) is 13.6 Å². The Morgan fingerprint density at radius 1 is 1.36 bits per heavy atom. The molecule has 1 aromatic carbocycles. The van der Waals surface area contributed by atoms with Crippen molar-refractivity contribution >= 4 is 5.91 Å². The molecule has 1 aliphatic heterocycles. The summed E-state index contributed by atoms with van der Waals surface area (Å²) in [6.45, 7) is 1.79. The van der Waals surface area contributed by atoms with Gasteiger partial charge in [0, 0.05) is 30.8 Å². The highest BCUT2D eigenvalue weighted by Crippen LogP contribution is 2.31. The summed E-state index contributed by atoms with van der Waals surface area (Å²) in [5, 5.41) is 10.5. The summed E-state index contributed by atoms with van der Waals surface area (Å²) in [5.41, 5.74) is 5.31. The summed E-state index contributed by atoms with van der Waals surface area (Å²) in [4.78, 5) is 14.9. The Hall–Kier alpha value is -2.14. The Labute approximate surface area is 129 Å². The summed E-state index contributed by atoms with van der Waals surface area (Å²) in [6, 6.07) is 8.46. The molecule has 1 aliphatic carbocycles. The molecule has 5 nitrogen and oxygen atoms in total. The molecule has 1 aromatic heterocycles. The summed E-state index contributed by atoms with van der Waals surface area (Å²) < 4.78 is 0. The minimum Gasteiger partial charge on any atom is -0.344 e. The number of aryl methyl sites for hydroxylation is 1. The highest BCUT2D eigenvalue weighted by molar-refractivity contribution is 5.94. The van der Waals surface area contributed by atoms with Crippen molar-refractivity contribution in [3.63, 3.8) is 0 Å². The molecule has 0 saturated heterocycles. The zero-order chi connectivity index (χ0) is 15.1. The van der Waals surface area contributed by atoms with Crippen molar-refractivity contribution < 1.29 is 4.79 Å². The van der Waals surface area contributed by atoms with Crippen molar-refractivity contribution in [1.82, 2.24) is 20.4 Å². The van der Waals surface area contributed by atoms with Gasteiger partial charge in [-0.3, -0.25) is 9.89 Å². The van der Waals surface area contributed by atoms with Crippen LogP contribution in [-0.2, 0) is 19.4 Å². The number of likely N-dealkylation sites (N-methyl/N-ethyl adjacent to an activating group) is 1. The van der Waals surface area contributed by atoms with Crippen LogP contribution in [0.4, 0.5) is 0 Å². The minimum atomic E-state index is -0.0606. The SMILES string of the molecule is CN1CCc2[nH]nc(C(=O)N[C@@H]3CCc4ccccc43)c2C1. The lowest BCUT2D eigenvalue weighted by Gasteiger charge is -2.22. The Kier molecular flexibility index (Phi) is 3.22. The molecule has 2 aromatic rings. The van der Waals surface area contributed by atoms with Gasteiger partial charge >= 0.3 is 0 Å². The van der Waals surface area contributed by atoms with E-state index < -0.39 is 0 Å². The standard InChI is InChI=1S/C17H20N4O/c1-21-9-8-15-13(10-21)16(20-19-15)17(22)18-14-7-6-11-4-2-3-5-12(11)14/h2-5,14H,6-10H2,1H3,(H,18,22)(H,19,20)/t14-/m1/s1. The molecule has 0 spiro atoms. The zero-order valence-electron chi connectivity index (χ0n) is 12.7. The maximum absolute atomic E-state index is 12.6. The van der Waals surface area contributed by atoms with Crippen molar-refractivity contribution in [2.45, 2.75) is 31.8 Å². The number of aromatic amines is 1. The molecule has 1 atom stereocenters. The Balaban J connectivity index is 1.56. The van der Waals surface area contributed by atoms with Crippen LogP contribution in [0.3, 0.4) is 0 Å². The number of nitrogens with one attached hydrogen (secondary N) is 2. The Morgan fingerprint density at radius 3 is 3.14 bits per heavy atom. The van der Waals surface area contributed by atoms with Crippen LogP contribution in [-0.4, -0.2) is 34.6 Å². The fourth-order valence-corrected chi connectivity index (χ4v) is 3.55. The maximum Gasteiger partial charge on any atom is 0.272 e. The van der Waals surface area contributed by atoms with E-state index in [1.807, 2.05) is 6.07 Å². The molecule has 0 radical (unpaired) electrons. The summed E-state index contributed by atoms with van der Waals surface area (Å²) in [5.74, 6) is -0.0606. The third-order valence-corrected chi connectivity index (χ3v) is 4.78. The predicted octanol–water partition coefficient (Wildman–Crippen LogP) is 1.81. The Morgan fingerprint density at radius 2 is 2.23 bits per heavy atom. The lowest BCUT2D eigenvalue weighted by atomic mass is 10.0. The van der Waals surface area contributed by atoms with Crippen LogP contribution in [0.2, 0.25) is 0 Å². The van der Waals surface area contributed by atoms with Gasteiger partial charge in [0.05, 0.1) is 6.04 Å². The van der Waals surface area contributed by atoms with Gasteiger partial charge < -0.3 is 10.2 Å². The zero-order valence-corrected chi connectivity index (χ0v) is 12.7. The predicted molar refractivity (Wildman–Crippen MR) is 83.6 cm³/mol. The first kappa shape index (κ1) is 13.5. The first-order valence-corrected chi connectivity index (χ1v) is 7.85. The van der Waals surface area contributed by atoms with Gasteiger partial charge in [-0.25, -0.2) is 0 Å². The average Bonchev–Trinajstić information content (AvgIpc) is 3.11. The number of rotatable bonds is 2. The molecule has 0 unspecified atom stereocenters. The lowest BCUT2D eigenvalue weighted by Crippen LogP contribution is -2.31. The normalized spacial score (nSPS) is 20.5. The van der Waals surface area contributed by atoms with E-state index in [1.165, 1.54) is 11.1 Å². The van der Waals surface area contributed by atoms with Gasteiger partial charge in [0.25, 0.3) is 5.91 Å². The number of carbonyl (C=O) groups is 1. The first-order chi connectivity index (χ1) is 10.7. The average molecular weight is 296 g/mol. The molecule has 5 heteroatoms. The van der Waals surface area contributed by atoms with E-state index in [4.69, 9.17) is 0 Å². The van der Waals surface area contributed by atoms with E-state index in [1.54, 1.807) is 0 Å². The fraction of sp³-hybridized carbons (Fsp3) is 0.412. The molecule has 22 heavy (non-hydrogen) atoms. The number of hydrogen-bond donors (Lipinski definition) is 2. The molecule has 2 heterocycles. The van der Waals surface area contributed by atoms with E-state index in [-0.39, 0.29) is 11.9 Å². The molecular weight excluding hydrogens is 276 g/mol. The summed E-state index contributed by atoms with van der Waals surface area (Å²) >= 11 is 0. The summed E-state index contributed by atoms with van der Waals surface area (Å²) in [6.07, 6.45) is 2.93. The highest BCUT2D eigenvalue weighted by atomic mass is 16.2. The second-order valence-corrected chi connectivity index (χ2v) is 6.28. The molecule has 0 fully saturated rings. The van der Waals surface area contributed by atoms with Gasteiger partial charge in [-0.2, -0.15) is 5.10 Å². The molecule has 0 saturated carbocycles. The van der Waals surface area contributed by atoms with Gasteiger partial charge in [0.15, 0.2) is 5.69 Å². The second kappa shape index (κ2) is 5.25. The van der Waals surface area contributed by atoms with E-state index in [0.29, 0.717) is 5.69 Å². The topological polar surface area (TPSA) is 61.0 Å². The largest absolute Gasteiger partial charge is 0.344 e. The van der Waals surface area contributed by atoms with Crippen LogP contribution in [0, 0.1) is 0 Å². The van der Waals surface area contributed by atoms with Crippen molar-refractivity contribution in [3.8, 4) is 0 Å². The van der Waals surface area contributed by atoms with Crippen LogP contribution < -0.4 is 5.32 Å². The number of hydrogen-bond acceptors (Lipinski definition) is 3. The molecule has 114 valence electrons.